The topological polar surface area (TPSA) is 53.2 Å². The second-order valence-electron chi connectivity index (χ2n) is 4.41. The summed E-state index contributed by atoms with van der Waals surface area (Å²) in [5.41, 5.74) is 7.36. The second-order valence-corrected chi connectivity index (χ2v) is 4.82. The van der Waals surface area contributed by atoms with Gasteiger partial charge in [0.1, 0.15) is 0 Å². The van der Waals surface area contributed by atoms with Crippen LogP contribution >= 0.6 is 12.2 Å². The van der Waals surface area contributed by atoms with Gasteiger partial charge < -0.3 is 5.32 Å². The summed E-state index contributed by atoms with van der Waals surface area (Å²) in [7, 11) is 0. The second kappa shape index (κ2) is 7.74. The molecule has 1 atom stereocenters. The van der Waals surface area contributed by atoms with Gasteiger partial charge in [0.05, 0.1) is 0 Å². The third kappa shape index (κ3) is 5.26. The highest BCUT2D eigenvalue weighted by molar-refractivity contribution is 7.80. The molecule has 1 unspecified atom stereocenters. The van der Waals surface area contributed by atoms with E-state index in [1.165, 1.54) is 5.56 Å². The number of rotatable bonds is 4. The summed E-state index contributed by atoms with van der Waals surface area (Å²) >= 11 is 5.07. The molecule has 0 radical (unpaired) electrons. The van der Waals surface area contributed by atoms with Gasteiger partial charge in [0, 0.05) is 12.1 Å². The smallest absolute Gasteiger partial charge is 0.238 e. The summed E-state index contributed by atoms with van der Waals surface area (Å²) in [6.45, 7) is 6.16. The fourth-order valence-corrected chi connectivity index (χ4v) is 1.68. The highest BCUT2D eigenvalue weighted by atomic mass is 32.1. The maximum absolute atomic E-state index is 11.1. The van der Waals surface area contributed by atoms with E-state index < -0.39 is 0 Å². The first kappa shape index (κ1) is 15.4. The van der Waals surface area contributed by atoms with E-state index >= 15 is 0 Å². The summed E-state index contributed by atoms with van der Waals surface area (Å²) < 4.78 is 0. The Morgan fingerprint density at radius 2 is 1.84 bits per heavy atom. The van der Waals surface area contributed by atoms with E-state index in [0.29, 0.717) is 17.5 Å². The molecular weight excluding hydrogens is 258 g/mol. The van der Waals surface area contributed by atoms with Gasteiger partial charge in [0.15, 0.2) is 5.11 Å². The molecule has 19 heavy (non-hydrogen) atoms. The number of thiocarbonyl (C=S) groups is 1. The monoisotopic (exact) mass is 279 g/mol. The molecule has 0 aliphatic carbocycles. The van der Waals surface area contributed by atoms with Crippen LogP contribution in [0.3, 0.4) is 0 Å². The van der Waals surface area contributed by atoms with Gasteiger partial charge >= 0.3 is 0 Å². The molecule has 4 nitrogen and oxygen atoms in total. The molecule has 1 aromatic carbocycles. The molecule has 5 heteroatoms. The Balaban J connectivity index is 2.49. The molecule has 0 spiro atoms. The predicted octanol–water partition coefficient (Wildman–Crippen LogP) is 2.93. The van der Waals surface area contributed by atoms with E-state index in [-0.39, 0.29) is 5.91 Å². The normalized spacial score (nSPS) is 11.5. The first-order chi connectivity index (χ1) is 9.06. The third-order valence-electron chi connectivity index (χ3n) is 2.99. The molecule has 0 aliphatic heterocycles. The van der Waals surface area contributed by atoms with Gasteiger partial charge in [-0.2, -0.15) is 0 Å². The van der Waals surface area contributed by atoms with Crippen molar-refractivity contribution >= 4 is 28.9 Å². The Labute approximate surface area is 119 Å². The molecule has 0 fully saturated rings. The maximum Gasteiger partial charge on any atom is 0.238 e. The average Bonchev–Trinajstić information content (AvgIpc) is 2.44. The number of carbonyl (C=O) groups excluding carboxylic acids is 1. The van der Waals surface area contributed by atoms with Gasteiger partial charge in [-0.25, -0.2) is 0 Å². The minimum atomic E-state index is -0.101. The SMILES string of the molecule is CCC(=O)NNC(=S)Nc1ccc(C(C)CC)cc1. The highest BCUT2D eigenvalue weighted by Gasteiger charge is 2.03. The van der Waals surface area contributed by atoms with Crippen molar-refractivity contribution in [2.75, 3.05) is 5.32 Å². The van der Waals surface area contributed by atoms with Crippen molar-refractivity contribution in [2.45, 2.75) is 39.5 Å². The molecule has 0 aliphatic rings. The van der Waals surface area contributed by atoms with E-state index in [1.54, 1.807) is 6.92 Å². The Morgan fingerprint density at radius 1 is 1.21 bits per heavy atom. The molecule has 3 N–H and O–H groups in total. The number of anilines is 1. The largest absolute Gasteiger partial charge is 0.331 e. The fourth-order valence-electron chi connectivity index (χ4n) is 1.51. The first-order valence-corrected chi connectivity index (χ1v) is 6.93. The summed E-state index contributed by atoms with van der Waals surface area (Å²) in [6.07, 6.45) is 1.54. The van der Waals surface area contributed by atoms with Gasteiger partial charge in [0.25, 0.3) is 0 Å². The Hall–Kier alpha value is -1.62. The van der Waals surface area contributed by atoms with Crippen molar-refractivity contribution in [2.24, 2.45) is 0 Å². The lowest BCUT2D eigenvalue weighted by Crippen LogP contribution is -2.43. The van der Waals surface area contributed by atoms with Crippen molar-refractivity contribution in [1.29, 1.82) is 0 Å². The van der Waals surface area contributed by atoms with Gasteiger partial charge in [-0.05, 0) is 42.3 Å². The van der Waals surface area contributed by atoms with E-state index in [0.717, 1.165) is 12.1 Å². The molecule has 1 rings (SSSR count). The van der Waals surface area contributed by atoms with E-state index in [2.05, 4.69) is 42.1 Å². The molecule has 0 saturated carbocycles. The average molecular weight is 279 g/mol. The number of nitrogens with one attached hydrogen (secondary N) is 3. The number of benzene rings is 1. The number of carbonyl (C=O) groups is 1. The summed E-state index contributed by atoms with van der Waals surface area (Å²) in [4.78, 5) is 11.1. The van der Waals surface area contributed by atoms with Crippen LogP contribution in [-0.2, 0) is 4.79 Å². The summed E-state index contributed by atoms with van der Waals surface area (Å²) in [5.74, 6) is 0.458. The molecule has 0 heterocycles. The van der Waals surface area contributed by atoms with Crippen LogP contribution in [0.2, 0.25) is 0 Å². The third-order valence-corrected chi connectivity index (χ3v) is 3.19. The Kier molecular flexibility index (Phi) is 6.29. The Morgan fingerprint density at radius 3 is 2.37 bits per heavy atom. The van der Waals surface area contributed by atoms with Crippen LogP contribution < -0.4 is 16.2 Å². The maximum atomic E-state index is 11.1. The molecular formula is C14H21N3OS. The van der Waals surface area contributed by atoms with E-state index in [4.69, 9.17) is 12.2 Å². The van der Waals surface area contributed by atoms with E-state index in [1.807, 2.05) is 12.1 Å². The van der Waals surface area contributed by atoms with Gasteiger partial charge in [-0.15, -0.1) is 0 Å². The quantitative estimate of drug-likeness (QED) is 0.586. The van der Waals surface area contributed by atoms with Crippen molar-refractivity contribution in [3.8, 4) is 0 Å². The van der Waals surface area contributed by atoms with Crippen molar-refractivity contribution < 1.29 is 4.79 Å². The first-order valence-electron chi connectivity index (χ1n) is 6.52. The molecule has 0 saturated heterocycles. The van der Waals surface area contributed by atoms with E-state index in [9.17, 15) is 4.79 Å². The molecule has 104 valence electrons. The van der Waals surface area contributed by atoms with Crippen LogP contribution in [0.5, 0.6) is 0 Å². The van der Waals surface area contributed by atoms with Crippen LogP contribution in [0.15, 0.2) is 24.3 Å². The summed E-state index contributed by atoms with van der Waals surface area (Å²) in [5, 5.41) is 3.38. The van der Waals surface area contributed by atoms with Crippen molar-refractivity contribution in [1.82, 2.24) is 10.9 Å². The van der Waals surface area contributed by atoms with Crippen LogP contribution in [0.1, 0.15) is 45.1 Å². The zero-order valence-corrected chi connectivity index (χ0v) is 12.4. The number of hydrazine groups is 1. The predicted molar refractivity (Wildman–Crippen MR) is 82.9 cm³/mol. The van der Waals surface area contributed by atoms with Crippen molar-refractivity contribution in [3.63, 3.8) is 0 Å². The number of hydrogen-bond donors (Lipinski definition) is 3. The standard InChI is InChI=1S/C14H21N3OS/c1-4-10(3)11-6-8-12(9-7-11)15-14(19)17-16-13(18)5-2/h6-10H,4-5H2,1-3H3,(H,16,18)(H2,15,17,19). The van der Waals surface area contributed by atoms with Gasteiger partial charge in [0.2, 0.25) is 5.91 Å². The number of amides is 1. The molecule has 1 aromatic rings. The minimum absolute atomic E-state index is 0.101. The van der Waals surface area contributed by atoms with Gasteiger partial charge in [-0.3, -0.25) is 15.6 Å². The summed E-state index contributed by atoms with van der Waals surface area (Å²) in [6, 6.07) is 8.14. The molecule has 1 amide bonds. The molecule has 0 aromatic heterocycles. The Bertz CT molecular complexity index is 431. The number of hydrogen-bond acceptors (Lipinski definition) is 2. The van der Waals surface area contributed by atoms with Crippen LogP contribution in [0, 0.1) is 0 Å². The fraction of sp³-hybridized carbons (Fsp3) is 0.429. The highest BCUT2D eigenvalue weighted by Crippen LogP contribution is 2.20. The molecule has 0 bridgehead atoms. The van der Waals surface area contributed by atoms with Crippen LogP contribution in [-0.4, -0.2) is 11.0 Å². The lowest BCUT2D eigenvalue weighted by molar-refractivity contribution is -0.121. The lowest BCUT2D eigenvalue weighted by Gasteiger charge is -2.13. The zero-order chi connectivity index (χ0) is 14.3. The lowest BCUT2D eigenvalue weighted by atomic mass is 9.99. The zero-order valence-electron chi connectivity index (χ0n) is 11.6. The van der Waals surface area contributed by atoms with Crippen LogP contribution in [0.25, 0.3) is 0 Å². The minimum Gasteiger partial charge on any atom is -0.331 e. The van der Waals surface area contributed by atoms with Gasteiger partial charge in [-0.1, -0.05) is 32.9 Å². The van der Waals surface area contributed by atoms with Crippen LogP contribution in [0.4, 0.5) is 5.69 Å². The van der Waals surface area contributed by atoms with Crippen molar-refractivity contribution in [3.05, 3.63) is 29.8 Å².